The molecule has 4 nitrogen and oxygen atoms in total. The van der Waals surface area contributed by atoms with Gasteiger partial charge >= 0.3 is 0 Å². The highest BCUT2D eigenvalue weighted by molar-refractivity contribution is 5.74. The molecule has 2 aliphatic rings. The van der Waals surface area contributed by atoms with E-state index < -0.39 is 0 Å². The van der Waals surface area contributed by atoms with Crippen molar-refractivity contribution in [3.63, 3.8) is 0 Å². The number of hydrogen-bond acceptors (Lipinski definition) is 4. The van der Waals surface area contributed by atoms with Gasteiger partial charge in [-0.2, -0.15) is 0 Å². The zero-order chi connectivity index (χ0) is 28.7. The van der Waals surface area contributed by atoms with Crippen molar-refractivity contribution in [2.24, 2.45) is 0 Å². The van der Waals surface area contributed by atoms with Gasteiger partial charge in [-0.1, -0.05) is 83.1 Å². The van der Waals surface area contributed by atoms with E-state index in [2.05, 4.69) is 108 Å². The minimum Gasteiger partial charge on any atom is -0.399 e. The molecule has 40 heavy (non-hydrogen) atoms. The van der Waals surface area contributed by atoms with Crippen molar-refractivity contribution in [3.8, 4) is 0 Å². The first kappa shape index (κ1) is 26.3. The summed E-state index contributed by atoms with van der Waals surface area (Å²) < 4.78 is 0. The number of benzene rings is 4. The van der Waals surface area contributed by atoms with Crippen LogP contribution in [0, 0.1) is 0 Å². The van der Waals surface area contributed by atoms with Crippen LogP contribution in [0.3, 0.4) is 0 Å². The number of nitrogen functional groups attached to an aromatic ring is 3. The summed E-state index contributed by atoms with van der Waals surface area (Å²) in [5.74, 6) is 0. The van der Waals surface area contributed by atoms with Crippen molar-refractivity contribution in [2.45, 2.75) is 75.7 Å². The highest BCUT2D eigenvalue weighted by atomic mass is 15.0. The Hall–Kier alpha value is -3.92. The monoisotopic (exact) mass is 530 g/mol. The third kappa shape index (κ3) is 3.65. The molecule has 0 bridgehead atoms. The summed E-state index contributed by atoms with van der Waals surface area (Å²) in [6, 6.07) is 30.2. The number of rotatable bonds is 4. The maximum Gasteiger partial charge on any atom is 0.0579 e. The van der Waals surface area contributed by atoms with Gasteiger partial charge in [-0.3, -0.25) is 0 Å². The molecule has 0 fully saturated rings. The Balaban J connectivity index is 1.48. The second-order valence-corrected chi connectivity index (χ2v) is 13.7. The molecule has 6 rings (SSSR count). The zero-order valence-corrected chi connectivity index (χ0v) is 24.6. The van der Waals surface area contributed by atoms with Crippen molar-refractivity contribution in [1.82, 2.24) is 0 Å². The highest BCUT2D eigenvalue weighted by Crippen LogP contribution is 2.57. The molecule has 0 radical (unpaired) electrons. The van der Waals surface area contributed by atoms with Crippen molar-refractivity contribution < 1.29 is 0 Å². The summed E-state index contributed by atoms with van der Waals surface area (Å²) in [5, 5.41) is 4.02. The summed E-state index contributed by atoms with van der Waals surface area (Å²) in [7, 11) is 0. The molecular weight excluding hydrogens is 488 g/mol. The first-order valence-electron chi connectivity index (χ1n) is 14.3. The molecule has 0 amide bonds. The van der Waals surface area contributed by atoms with Crippen LogP contribution in [0.2, 0.25) is 0 Å². The molecule has 0 aliphatic heterocycles. The van der Waals surface area contributed by atoms with E-state index in [1.165, 1.54) is 33.4 Å². The Bertz CT molecular complexity index is 1600. The third-order valence-electron chi connectivity index (χ3n) is 10.1. The first-order valence-corrected chi connectivity index (χ1v) is 14.3. The molecule has 4 heteroatoms. The average molecular weight is 531 g/mol. The molecule has 4 aromatic carbocycles. The summed E-state index contributed by atoms with van der Waals surface area (Å²) in [5.41, 5.74) is 29.7. The van der Waals surface area contributed by atoms with Gasteiger partial charge in [0.05, 0.1) is 11.4 Å². The van der Waals surface area contributed by atoms with Gasteiger partial charge < -0.3 is 22.5 Å². The van der Waals surface area contributed by atoms with Crippen LogP contribution in [0.1, 0.15) is 81.3 Å². The SMILES string of the molecule is CC1(C)CC(C)(c2ccc(N)cc2)c2cc(N)c(NC3C(C)(C)c4ccccc4C3(C)c3ccc(N)cc3)cc21. The van der Waals surface area contributed by atoms with Crippen LogP contribution in [0.25, 0.3) is 0 Å². The molecule has 4 aromatic rings. The molecule has 2 aliphatic carbocycles. The van der Waals surface area contributed by atoms with Gasteiger partial charge in [-0.15, -0.1) is 0 Å². The van der Waals surface area contributed by atoms with E-state index in [1.807, 2.05) is 24.3 Å². The molecule has 3 unspecified atom stereocenters. The average Bonchev–Trinajstić information content (AvgIpc) is 3.22. The second-order valence-electron chi connectivity index (χ2n) is 13.7. The Labute approximate surface area is 239 Å². The normalized spacial score (nSPS) is 25.8. The quantitative estimate of drug-likeness (QED) is 0.206. The van der Waals surface area contributed by atoms with Crippen LogP contribution in [0.5, 0.6) is 0 Å². The minimum absolute atomic E-state index is 0.00990. The van der Waals surface area contributed by atoms with Crippen molar-refractivity contribution in [3.05, 3.63) is 118 Å². The summed E-state index contributed by atoms with van der Waals surface area (Å²) in [6.45, 7) is 14.1. The largest absolute Gasteiger partial charge is 0.399 e. The standard InChI is InChI=1S/C36H42N4/c1-33(2)21-35(5,22-11-15-24(37)16-12-22)29-19-30(39)31(20-28(29)33)40-32-34(3,4)26-9-7-8-10-27(26)36(32,6)23-13-17-25(38)18-14-23/h7-20,32,40H,21,37-39H2,1-6H3. The van der Waals surface area contributed by atoms with Crippen LogP contribution in [-0.2, 0) is 21.7 Å². The molecular formula is C36H42N4. The number of anilines is 4. The van der Waals surface area contributed by atoms with Crippen molar-refractivity contribution >= 4 is 22.7 Å². The predicted octanol–water partition coefficient (Wildman–Crippen LogP) is 7.50. The second kappa shape index (κ2) is 8.54. The van der Waals surface area contributed by atoms with E-state index >= 15 is 0 Å². The molecule has 0 heterocycles. The van der Waals surface area contributed by atoms with E-state index in [9.17, 15) is 0 Å². The van der Waals surface area contributed by atoms with Gasteiger partial charge in [0.25, 0.3) is 0 Å². The minimum atomic E-state index is -0.284. The number of fused-ring (bicyclic) bond motifs is 2. The fourth-order valence-corrected chi connectivity index (χ4v) is 8.10. The molecule has 0 spiro atoms. The molecule has 0 saturated heterocycles. The van der Waals surface area contributed by atoms with Crippen LogP contribution >= 0.6 is 0 Å². The Kier molecular flexibility index (Phi) is 5.62. The van der Waals surface area contributed by atoms with Crippen molar-refractivity contribution in [1.29, 1.82) is 0 Å². The third-order valence-corrected chi connectivity index (χ3v) is 10.1. The lowest BCUT2D eigenvalue weighted by atomic mass is 9.70. The Morgan fingerprint density at radius 1 is 0.625 bits per heavy atom. The van der Waals surface area contributed by atoms with Gasteiger partial charge in [-0.25, -0.2) is 0 Å². The predicted molar refractivity (Wildman–Crippen MR) is 170 cm³/mol. The van der Waals surface area contributed by atoms with E-state index in [1.54, 1.807) is 0 Å². The lowest BCUT2D eigenvalue weighted by molar-refractivity contribution is 0.374. The highest BCUT2D eigenvalue weighted by Gasteiger charge is 2.55. The first-order chi connectivity index (χ1) is 18.8. The van der Waals surface area contributed by atoms with Gasteiger partial charge in [0.2, 0.25) is 0 Å². The van der Waals surface area contributed by atoms with E-state index in [0.29, 0.717) is 0 Å². The van der Waals surface area contributed by atoms with Gasteiger partial charge in [0.1, 0.15) is 0 Å². The topological polar surface area (TPSA) is 90.1 Å². The van der Waals surface area contributed by atoms with E-state index in [0.717, 1.165) is 29.2 Å². The van der Waals surface area contributed by atoms with Crippen LogP contribution < -0.4 is 22.5 Å². The lowest BCUT2D eigenvalue weighted by Gasteiger charge is -2.40. The Morgan fingerprint density at radius 3 is 1.77 bits per heavy atom. The van der Waals surface area contributed by atoms with Gasteiger partial charge in [-0.05, 0) is 88.5 Å². The lowest BCUT2D eigenvalue weighted by Crippen LogP contribution is -2.47. The summed E-state index contributed by atoms with van der Waals surface area (Å²) >= 11 is 0. The number of hydrogen-bond donors (Lipinski definition) is 4. The van der Waals surface area contributed by atoms with Crippen LogP contribution in [0.15, 0.2) is 84.9 Å². The maximum atomic E-state index is 6.93. The fraction of sp³-hybridized carbons (Fsp3) is 0.333. The zero-order valence-electron chi connectivity index (χ0n) is 24.6. The van der Waals surface area contributed by atoms with Crippen LogP contribution in [-0.4, -0.2) is 6.04 Å². The van der Waals surface area contributed by atoms with Crippen LogP contribution in [0.4, 0.5) is 22.7 Å². The molecule has 206 valence electrons. The van der Waals surface area contributed by atoms with E-state index in [-0.39, 0.29) is 27.7 Å². The summed E-state index contributed by atoms with van der Waals surface area (Å²) in [4.78, 5) is 0. The Morgan fingerprint density at radius 2 is 1.18 bits per heavy atom. The number of nitrogens with one attached hydrogen (secondary N) is 1. The molecule has 0 aromatic heterocycles. The molecule has 0 saturated carbocycles. The van der Waals surface area contributed by atoms with E-state index in [4.69, 9.17) is 17.2 Å². The summed E-state index contributed by atoms with van der Waals surface area (Å²) in [6.07, 6.45) is 1.01. The van der Waals surface area contributed by atoms with Gasteiger partial charge in [0, 0.05) is 33.7 Å². The smallest absolute Gasteiger partial charge is 0.0579 e. The van der Waals surface area contributed by atoms with Crippen molar-refractivity contribution in [2.75, 3.05) is 22.5 Å². The van der Waals surface area contributed by atoms with Gasteiger partial charge in [0.15, 0.2) is 0 Å². The molecule has 7 N–H and O–H groups in total. The molecule has 3 atom stereocenters. The number of nitrogens with two attached hydrogens (primary N) is 3. The fourth-order valence-electron chi connectivity index (χ4n) is 8.10. The maximum absolute atomic E-state index is 6.93.